The molecule has 0 bridgehead atoms. The van der Waals surface area contributed by atoms with Crippen LogP contribution in [0.4, 0.5) is 0 Å². The molecule has 0 radical (unpaired) electrons. The predicted molar refractivity (Wildman–Crippen MR) is 78.9 cm³/mol. The summed E-state index contributed by atoms with van der Waals surface area (Å²) in [6, 6.07) is 0.747. The number of hydrogen-bond donors (Lipinski definition) is 1. The quantitative estimate of drug-likeness (QED) is 0.808. The van der Waals surface area contributed by atoms with Crippen molar-refractivity contribution >= 4 is 0 Å². The smallest absolute Gasteiger partial charge is 0.00767 e. The Bertz CT molecular complexity index is 247. The molecule has 1 aliphatic heterocycles. The lowest BCUT2D eigenvalue weighted by molar-refractivity contribution is 0.160. The maximum Gasteiger partial charge on any atom is 0.00767 e. The molecule has 1 heterocycles. The zero-order valence-electron chi connectivity index (χ0n) is 12.7. The molecular formula is C16H32N2. The van der Waals surface area contributed by atoms with Crippen LogP contribution in [0.3, 0.4) is 0 Å². The Balaban J connectivity index is 1.86. The van der Waals surface area contributed by atoms with Crippen LogP contribution in [0.1, 0.15) is 59.3 Å². The van der Waals surface area contributed by atoms with Gasteiger partial charge in [-0.25, -0.2) is 0 Å². The molecule has 1 saturated carbocycles. The van der Waals surface area contributed by atoms with Crippen LogP contribution >= 0.6 is 0 Å². The second-order valence-electron chi connectivity index (χ2n) is 6.89. The highest BCUT2D eigenvalue weighted by atomic mass is 15.1. The second-order valence-corrected chi connectivity index (χ2v) is 6.89. The zero-order valence-corrected chi connectivity index (χ0v) is 12.7. The van der Waals surface area contributed by atoms with E-state index in [9.17, 15) is 0 Å². The summed E-state index contributed by atoms with van der Waals surface area (Å²) >= 11 is 0. The first kappa shape index (κ1) is 14.3. The molecule has 1 saturated heterocycles. The Morgan fingerprint density at radius 2 is 2.06 bits per heavy atom. The summed E-state index contributed by atoms with van der Waals surface area (Å²) in [6.07, 6.45) is 8.41. The maximum atomic E-state index is 3.72. The molecule has 2 atom stereocenters. The maximum absolute atomic E-state index is 3.72. The van der Waals surface area contributed by atoms with Crippen molar-refractivity contribution in [3.05, 3.63) is 0 Å². The van der Waals surface area contributed by atoms with E-state index < -0.39 is 0 Å². The van der Waals surface area contributed by atoms with Gasteiger partial charge in [-0.3, -0.25) is 0 Å². The van der Waals surface area contributed by atoms with Crippen LogP contribution in [0.2, 0.25) is 0 Å². The van der Waals surface area contributed by atoms with Crippen molar-refractivity contribution in [1.29, 1.82) is 0 Å². The van der Waals surface area contributed by atoms with Gasteiger partial charge in [0.05, 0.1) is 0 Å². The SMILES string of the molecule is CCCC1(CN2CCC(CC)NCC(C)C2)CC1. The summed E-state index contributed by atoms with van der Waals surface area (Å²) in [5.74, 6) is 0.803. The molecule has 2 nitrogen and oxygen atoms in total. The zero-order chi connectivity index (χ0) is 13.0. The topological polar surface area (TPSA) is 15.3 Å². The van der Waals surface area contributed by atoms with E-state index in [0.29, 0.717) is 0 Å². The first-order chi connectivity index (χ1) is 8.67. The lowest BCUT2D eigenvalue weighted by atomic mass is 9.98. The minimum Gasteiger partial charge on any atom is -0.314 e. The number of nitrogens with zero attached hydrogens (tertiary/aromatic N) is 1. The van der Waals surface area contributed by atoms with E-state index >= 15 is 0 Å². The number of hydrogen-bond acceptors (Lipinski definition) is 2. The average molecular weight is 252 g/mol. The van der Waals surface area contributed by atoms with Gasteiger partial charge >= 0.3 is 0 Å². The van der Waals surface area contributed by atoms with Gasteiger partial charge in [-0.2, -0.15) is 0 Å². The van der Waals surface area contributed by atoms with E-state index in [2.05, 4.69) is 31.0 Å². The van der Waals surface area contributed by atoms with E-state index in [1.54, 1.807) is 0 Å². The summed E-state index contributed by atoms with van der Waals surface area (Å²) in [5.41, 5.74) is 0.725. The van der Waals surface area contributed by atoms with Crippen molar-refractivity contribution in [1.82, 2.24) is 10.2 Å². The van der Waals surface area contributed by atoms with Crippen molar-refractivity contribution in [2.24, 2.45) is 11.3 Å². The highest BCUT2D eigenvalue weighted by molar-refractivity contribution is 4.95. The third-order valence-electron chi connectivity index (χ3n) is 4.91. The number of nitrogens with one attached hydrogen (secondary N) is 1. The summed E-state index contributed by atoms with van der Waals surface area (Å²) in [4.78, 5) is 2.77. The van der Waals surface area contributed by atoms with Crippen molar-refractivity contribution in [3.8, 4) is 0 Å². The predicted octanol–water partition coefficient (Wildman–Crippen LogP) is 3.28. The van der Waals surface area contributed by atoms with E-state index in [4.69, 9.17) is 0 Å². The molecule has 1 N–H and O–H groups in total. The molecule has 0 aromatic heterocycles. The third-order valence-corrected chi connectivity index (χ3v) is 4.91. The Labute approximate surface area is 114 Å². The van der Waals surface area contributed by atoms with Crippen molar-refractivity contribution < 1.29 is 0 Å². The fraction of sp³-hybridized carbons (Fsp3) is 1.00. The van der Waals surface area contributed by atoms with Gasteiger partial charge in [0.2, 0.25) is 0 Å². The second kappa shape index (κ2) is 6.38. The molecule has 0 aromatic rings. The van der Waals surface area contributed by atoms with Crippen LogP contribution < -0.4 is 5.32 Å². The highest BCUT2D eigenvalue weighted by Gasteiger charge is 2.42. The molecule has 2 heteroatoms. The summed E-state index contributed by atoms with van der Waals surface area (Å²) in [5, 5.41) is 3.72. The fourth-order valence-corrected chi connectivity index (χ4v) is 3.57. The molecule has 2 unspecified atom stereocenters. The van der Waals surface area contributed by atoms with E-state index in [-0.39, 0.29) is 0 Å². The van der Waals surface area contributed by atoms with Gasteiger partial charge < -0.3 is 10.2 Å². The van der Waals surface area contributed by atoms with Gasteiger partial charge in [-0.15, -0.1) is 0 Å². The first-order valence-corrected chi connectivity index (χ1v) is 8.13. The summed E-state index contributed by atoms with van der Waals surface area (Å²) in [6.45, 7) is 12.2. The number of rotatable bonds is 5. The largest absolute Gasteiger partial charge is 0.314 e. The molecule has 1 aliphatic carbocycles. The minimum atomic E-state index is 0.725. The normalized spacial score (nSPS) is 32.8. The highest BCUT2D eigenvalue weighted by Crippen LogP contribution is 2.50. The van der Waals surface area contributed by atoms with Crippen LogP contribution in [-0.2, 0) is 0 Å². The average Bonchev–Trinajstić information content (AvgIpc) is 3.07. The minimum absolute atomic E-state index is 0.725. The monoisotopic (exact) mass is 252 g/mol. The van der Waals surface area contributed by atoms with Gasteiger partial charge in [-0.1, -0.05) is 27.2 Å². The van der Waals surface area contributed by atoms with Gasteiger partial charge in [-0.05, 0) is 56.5 Å². The van der Waals surface area contributed by atoms with Crippen molar-refractivity contribution in [2.45, 2.75) is 65.3 Å². The van der Waals surface area contributed by atoms with Gasteiger partial charge in [0.15, 0.2) is 0 Å². The van der Waals surface area contributed by atoms with Crippen LogP contribution in [0.15, 0.2) is 0 Å². The summed E-state index contributed by atoms with van der Waals surface area (Å²) in [7, 11) is 0. The van der Waals surface area contributed by atoms with Gasteiger partial charge in [0, 0.05) is 19.1 Å². The van der Waals surface area contributed by atoms with E-state index in [1.807, 2.05) is 0 Å². The Morgan fingerprint density at radius 1 is 1.28 bits per heavy atom. The van der Waals surface area contributed by atoms with Crippen LogP contribution in [0, 0.1) is 11.3 Å². The first-order valence-electron chi connectivity index (χ1n) is 8.13. The lowest BCUT2D eigenvalue weighted by Crippen LogP contribution is -2.45. The third kappa shape index (κ3) is 3.96. The molecule has 2 rings (SSSR count). The molecular weight excluding hydrogens is 220 g/mol. The van der Waals surface area contributed by atoms with Gasteiger partial charge in [0.1, 0.15) is 0 Å². The molecule has 18 heavy (non-hydrogen) atoms. The van der Waals surface area contributed by atoms with Crippen LogP contribution in [-0.4, -0.2) is 37.1 Å². The van der Waals surface area contributed by atoms with Crippen LogP contribution in [0.25, 0.3) is 0 Å². The van der Waals surface area contributed by atoms with E-state index in [1.165, 1.54) is 64.7 Å². The summed E-state index contributed by atoms with van der Waals surface area (Å²) < 4.78 is 0. The fourth-order valence-electron chi connectivity index (χ4n) is 3.57. The molecule has 0 spiro atoms. The lowest BCUT2D eigenvalue weighted by Gasteiger charge is -2.34. The standard InChI is InChI=1S/C16H32N2/c1-4-7-16(8-9-16)13-18-10-6-15(5-2)17-11-14(3)12-18/h14-15,17H,4-13H2,1-3H3. The molecule has 2 aliphatic rings. The van der Waals surface area contributed by atoms with E-state index in [0.717, 1.165) is 17.4 Å². The molecule has 0 amide bonds. The Hall–Kier alpha value is -0.0800. The molecule has 106 valence electrons. The van der Waals surface area contributed by atoms with Crippen molar-refractivity contribution in [2.75, 3.05) is 26.2 Å². The molecule has 0 aromatic carbocycles. The Morgan fingerprint density at radius 3 is 2.67 bits per heavy atom. The van der Waals surface area contributed by atoms with Gasteiger partial charge in [0.25, 0.3) is 0 Å². The molecule has 2 fully saturated rings. The Kier molecular flexibility index (Phi) is 5.08. The van der Waals surface area contributed by atoms with Crippen molar-refractivity contribution in [3.63, 3.8) is 0 Å². The van der Waals surface area contributed by atoms with Crippen LogP contribution in [0.5, 0.6) is 0 Å².